The number of benzene rings is 1. The molecule has 0 spiro atoms. The molecule has 0 aliphatic heterocycles. The Morgan fingerprint density at radius 1 is 1.17 bits per heavy atom. The summed E-state index contributed by atoms with van der Waals surface area (Å²) in [6.07, 6.45) is 0.620. The zero-order valence-electron chi connectivity index (χ0n) is 16.7. The molecule has 0 saturated carbocycles. The Hall–Kier alpha value is -1.53. The van der Waals surface area contributed by atoms with Gasteiger partial charge in [0.25, 0.3) is 20.2 Å². The summed E-state index contributed by atoms with van der Waals surface area (Å²) in [4.78, 5) is 12.1. The van der Waals surface area contributed by atoms with E-state index in [9.17, 15) is 21.6 Å². The van der Waals surface area contributed by atoms with Crippen LogP contribution in [0.1, 0.15) is 32.3 Å². The van der Waals surface area contributed by atoms with Gasteiger partial charge in [0.2, 0.25) is 5.91 Å². The molecule has 1 atom stereocenters. The quantitative estimate of drug-likeness (QED) is 0.293. The zero-order valence-corrected chi connectivity index (χ0v) is 18.3. The summed E-state index contributed by atoms with van der Waals surface area (Å²) < 4.78 is 58.5. The van der Waals surface area contributed by atoms with Crippen molar-refractivity contribution >= 4 is 26.1 Å². The summed E-state index contributed by atoms with van der Waals surface area (Å²) in [7, 11) is -8.12. The fraction of sp³-hybridized carbons (Fsp3) is 0.611. The maximum absolute atomic E-state index is 12.1. The van der Waals surface area contributed by atoms with Crippen LogP contribution in [-0.4, -0.2) is 58.0 Å². The van der Waals surface area contributed by atoms with Crippen molar-refractivity contribution in [2.75, 3.05) is 24.7 Å². The average molecular weight is 451 g/mol. The van der Waals surface area contributed by atoms with Gasteiger partial charge in [0.15, 0.2) is 0 Å². The second-order valence-corrected chi connectivity index (χ2v) is 11.0. The van der Waals surface area contributed by atoms with Gasteiger partial charge in [0.05, 0.1) is 24.2 Å². The monoisotopic (exact) mass is 450 g/mol. The maximum Gasteiger partial charge on any atom is 0.267 e. The topological polar surface area (TPSA) is 153 Å². The van der Waals surface area contributed by atoms with E-state index in [4.69, 9.17) is 14.5 Å². The lowest BCUT2D eigenvalue weighted by molar-refractivity contribution is -0.122. The zero-order chi connectivity index (χ0) is 22.1. The van der Waals surface area contributed by atoms with E-state index in [0.29, 0.717) is 19.4 Å². The number of nitrogens with one attached hydrogen (secondary N) is 1. The highest BCUT2D eigenvalue weighted by molar-refractivity contribution is 7.87. The lowest BCUT2D eigenvalue weighted by atomic mass is 9.90. The van der Waals surface area contributed by atoms with Gasteiger partial charge in [0.1, 0.15) is 0 Å². The van der Waals surface area contributed by atoms with Crippen LogP contribution in [0.5, 0.6) is 0 Å². The Morgan fingerprint density at radius 3 is 2.38 bits per heavy atom. The molecule has 1 aromatic rings. The van der Waals surface area contributed by atoms with Crippen LogP contribution < -0.4 is 11.1 Å². The van der Waals surface area contributed by atoms with Crippen LogP contribution in [0.2, 0.25) is 0 Å². The van der Waals surface area contributed by atoms with Crippen molar-refractivity contribution in [3.63, 3.8) is 0 Å². The Balaban J connectivity index is 2.35. The molecule has 0 saturated heterocycles. The van der Waals surface area contributed by atoms with Gasteiger partial charge >= 0.3 is 0 Å². The molecule has 0 aromatic heterocycles. The molecule has 11 heteroatoms. The van der Waals surface area contributed by atoms with Gasteiger partial charge in [-0.1, -0.05) is 44.2 Å². The number of nitrogens with two attached hydrogens (primary N) is 1. The molecule has 0 radical (unpaired) electrons. The first-order valence-corrected chi connectivity index (χ1v) is 12.4. The molecule has 1 rings (SSSR count). The van der Waals surface area contributed by atoms with Crippen molar-refractivity contribution in [2.45, 2.75) is 39.2 Å². The highest BCUT2D eigenvalue weighted by Gasteiger charge is 2.23. The van der Waals surface area contributed by atoms with Crippen LogP contribution in [0.4, 0.5) is 0 Å². The Labute approximate surface area is 172 Å². The largest absolute Gasteiger partial charge is 0.355 e. The van der Waals surface area contributed by atoms with Gasteiger partial charge in [0, 0.05) is 6.54 Å². The summed E-state index contributed by atoms with van der Waals surface area (Å²) in [6, 6.07) is 8.74. The predicted octanol–water partition coefficient (Wildman–Crippen LogP) is 0.713. The van der Waals surface area contributed by atoms with Crippen LogP contribution in [0.25, 0.3) is 0 Å². The van der Waals surface area contributed by atoms with Crippen molar-refractivity contribution in [2.24, 2.45) is 11.1 Å². The lowest BCUT2D eigenvalue weighted by Gasteiger charge is -2.24. The van der Waals surface area contributed by atoms with E-state index in [-0.39, 0.29) is 18.9 Å². The molecule has 0 aliphatic carbocycles. The van der Waals surface area contributed by atoms with E-state index >= 15 is 0 Å². The van der Waals surface area contributed by atoms with Crippen LogP contribution in [0.3, 0.4) is 0 Å². The van der Waals surface area contributed by atoms with Crippen LogP contribution in [0.15, 0.2) is 30.3 Å². The Morgan fingerprint density at radius 2 is 1.79 bits per heavy atom. The molecule has 0 fully saturated rings. The molecule has 0 aliphatic rings. The minimum Gasteiger partial charge on any atom is -0.355 e. The summed E-state index contributed by atoms with van der Waals surface area (Å²) in [5.41, 5.74) is 6.33. The normalized spacial score (nSPS) is 13.8. The summed E-state index contributed by atoms with van der Waals surface area (Å²) >= 11 is 0. The second kappa shape index (κ2) is 11.0. The first-order valence-electron chi connectivity index (χ1n) is 9.19. The third-order valence-corrected chi connectivity index (χ3v) is 6.23. The fourth-order valence-corrected chi connectivity index (χ4v) is 4.22. The molecule has 0 heterocycles. The molecule has 0 unspecified atom stereocenters. The molecule has 1 aromatic carbocycles. The summed E-state index contributed by atoms with van der Waals surface area (Å²) in [6.45, 7) is 3.77. The number of amides is 1. The van der Waals surface area contributed by atoms with Gasteiger partial charge in [-0.2, -0.15) is 16.8 Å². The third kappa shape index (κ3) is 11.9. The number of rotatable bonds is 13. The van der Waals surface area contributed by atoms with Gasteiger partial charge in [-0.05, 0) is 30.2 Å². The molecular formula is C18H30N2O7S2. The molecule has 4 N–H and O–H groups in total. The minimum absolute atomic E-state index is 0.118. The molecule has 1 amide bonds. The molecule has 9 nitrogen and oxygen atoms in total. The Bertz CT molecular complexity index is 853. The van der Waals surface area contributed by atoms with Crippen molar-refractivity contribution in [1.82, 2.24) is 5.32 Å². The molecule has 166 valence electrons. The first-order chi connectivity index (χ1) is 13.3. The van der Waals surface area contributed by atoms with Gasteiger partial charge in [-0.25, -0.2) is 0 Å². The van der Waals surface area contributed by atoms with Crippen LogP contribution in [0, 0.1) is 5.41 Å². The van der Waals surface area contributed by atoms with Crippen LogP contribution >= 0.6 is 0 Å². The number of carbonyl (C=O) groups is 1. The highest BCUT2D eigenvalue weighted by atomic mass is 32.2. The predicted molar refractivity (Wildman–Crippen MR) is 110 cm³/mol. The standard InChI is InChI=1S/C18H30N2O7S2/c1-18(2,14-27-29(25,26)12-6-11-28(22,23)24)9-10-20-17(21)16(19)13-15-7-4-3-5-8-15/h3-5,7-8,16H,6,9-14,19H2,1-2H3,(H,20,21)(H,22,23,24)/t16-/m1/s1. The smallest absolute Gasteiger partial charge is 0.267 e. The first kappa shape index (κ1) is 25.5. The molecule has 29 heavy (non-hydrogen) atoms. The second-order valence-electron chi connectivity index (χ2n) is 7.67. The highest BCUT2D eigenvalue weighted by Crippen LogP contribution is 2.21. The average Bonchev–Trinajstić information content (AvgIpc) is 2.59. The summed E-state index contributed by atoms with van der Waals surface area (Å²) in [5, 5.41) is 2.74. The lowest BCUT2D eigenvalue weighted by Crippen LogP contribution is -2.43. The van der Waals surface area contributed by atoms with Crippen molar-refractivity contribution in [1.29, 1.82) is 0 Å². The maximum atomic E-state index is 12.1. The number of carbonyl (C=O) groups excluding carboxylic acids is 1. The fourth-order valence-electron chi connectivity index (χ4n) is 2.41. The Kier molecular flexibility index (Phi) is 9.69. The SMILES string of the molecule is CC(C)(CCNC(=O)[C@H](N)Cc1ccccc1)COS(=O)(=O)CCCS(=O)(=O)O. The van der Waals surface area contributed by atoms with E-state index < -0.39 is 43.2 Å². The van der Waals surface area contributed by atoms with E-state index in [1.54, 1.807) is 13.8 Å². The van der Waals surface area contributed by atoms with E-state index in [2.05, 4.69) is 5.32 Å². The minimum atomic E-state index is -4.21. The number of hydrogen-bond acceptors (Lipinski definition) is 7. The molecular weight excluding hydrogens is 420 g/mol. The van der Waals surface area contributed by atoms with E-state index in [0.717, 1.165) is 5.56 Å². The third-order valence-electron chi connectivity index (χ3n) is 4.16. The number of hydrogen-bond donors (Lipinski definition) is 3. The van der Waals surface area contributed by atoms with Crippen LogP contribution in [-0.2, 0) is 35.6 Å². The van der Waals surface area contributed by atoms with E-state index in [1.165, 1.54) is 0 Å². The van der Waals surface area contributed by atoms with Crippen molar-refractivity contribution < 1.29 is 30.4 Å². The van der Waals surface area contributed by atoms with Gasteiger partial charge in [-0.15, -0.1) is 0 Å². The van der Waals surface area contributed by atoms with Gasteiger partial charge in [-0.3, -0.25) is 13.5 Å². The summed E-state index contributed by atoms with van der Waals surface area (Å²) in [5.74, 6) is -1.44. The van der Waals surface area contributed by atoms with Crippen molar-refractivity contribution in [3.8, 4) is 0 Å². The molecule has 0 bridgehead atoms. The van der Waals surface area contributed by atoms with Gasteiger partial charge < -0.3 is 11.1 Å². The van der Waals surface area contributed by atoms with E-state index in [1.807, 2.05) is 30.3 Å². The van der Waals surface area contributed by atoms with Crippen molar-refractivity contribution in [3.05, 3.63) is 35.9 Å².